The standard InChI is InChI=1S/C20H32B.Li/c1-17(2)14-21(15-18(3)4,16-19(5)6)13-12-20-10-8-7-9-11-20;/h7-11,17-19H,14-16H2,1-6H3;/q-1;+1. The SMILES string of the molecule is CC(C)C[B-](C#Cc1ccccc1)(CC(C)C)CC(C)C.[Li+]. The van der Waals surface area contributed by atoms with Gasteiger partial charge in [0.25, 0.3) is 0 Å². The van der Waals surface area contributed by atoms with Gasteiger partial charge < -0.3 is 5.82 Å². The minimum atomic E-state index is -0.600. The molecule has 116 valence electrons. The van der Waals surface area contributed by atoms with E-state index in [4.69, 9.17) is 0 Å². The maximum atomic E-state index is 3.76. The van der Waals surface area contributed by atoms with Crippen LogP contribution in [0.2, 0.25) is 19.0 Å². The van der Waals surface area contributed by atoms with Gasteiger partial charge in [-0.25, -0.2) is 0 Å². The van der Waals surface area contributed by atoms with Gasteiger partial charge in [0.1, 0.15) is 0 Å². The van der Waals surface area contributed by atoms with Crippen molar-refractivity contribution in [1.29, 1.82) is 0 Å². The molecule has 0 aromatic heterocycles. The van der Waals surface area contributed by atoms with E-state index >= 15 is 0 Å². The van der Waals surface area contributed by atoms with Crippen molar-refractivity contribution in [2.45, 2.75) is 60.5 Å². The van der Waals surface area contributed by atoms with Gasteiger partial charge in [0.2, 0.25) is 0 Å². The molecule has 1 aromatic rings. The van der Waals surface area contributed by atoms with Crippen molar-refractivity contribution >= 4 is 6.15 Å². The maximum Gasteiger partial charge on any atom is 1.00 e. The Balaban J connectivity index is 0.00000441. The summed E-state index contributed by atoms with van der Waals surface area (Å²) in [7, 11) is 0. The minimum Gasteiger partial charge on any atom is -0.309 e. The zero-order valence-corrected chi connectivity index (χ0v) is 15.8. The topological polar surface area (TPSA) is 0 Å². The van der Waals surface area contributed by atoms with Crippen LogP contribution in [-0.2, 0) is 0 Å². The fraction of sp³-hybridized carbons (Fsp3) is 0.600. The van der Waals surface area contributed by atoms with Gasteiger partial charge in [-0.05, 0) is 12.1 Å². The van der Waals surface area contributed by atoms with Crippen LogP contribution in [0.5, 0.6) is 0 Å². The largest absolute Gasteiger partial charge is 1.00 e. The first-order chi connectivity index (χ1) is 9.83. The summed E-state index contributed by atoms with van der Waals surface area (Å²) < 4.78 is 0. The Bertz CT molecular complexity index is 439. The molecule has 0 nitrogen and oxygen atoms in total. The van der Waals surface area contributed by atoms with E-state index in [9.17, 15) is 0 Å². The first-order valence-corrected chi connectivity index (χ1v) is 8.61. The first kappa shape index (κ1) is 21.4. The molecule has 0 spiro atoms. The molecule has 0 N–H and O–H groups in total. The van der Waals surface area contributed by atoms with Crippen LogP contribution in [0, 0.1) is 29.5 Å². The predicted octanol–water partition coefficient (Wildman–Crippen LogP) is 3.00. The van der Waals surface area contributed by atoms with Gasteiger partial charge >= 0.3 is 18.9 Å². The van der Waals surface area contributed by atoms with E-state index in [1.807, 2.05) is 0 Å². The average Bonchev–Trinajstić information content (AvgIpc) is 2.35. The van der Waals surface area contributed by atoms with Gasteiger partial charge in [-0.3, -0.25) is 0 Å². The van der Waals surface area contributed by atoms with Crippen LogP contribution in [0.25, 0.3) is 0 Å². The minimum absolute atomic E-state index is 0. The van der Waals surface area contributed by atoms with Gasteiger partial charge in [0.05, 0.1) is 6.15 Å². The quantitative estimate of drug-likeness (QED) is 0.558. The molecule has 1 aromatic carbocycles. The van der Waals surface area contributed by atoms with E-state index in [-0.39, 0.29) is 18.9 Å². The third kappa shape index (κ3) is 8.17. The molecule has 0 atom stereocenters. The van der Waals surface area contributed by atoms with Gasteiger partial charge in [-0.15, -0.1) is 5.92 Å². The summed E-state index contributed by atoms with van der Waals surface area (Å²) in [6, 6.07) is 10.4. The Labute approximate surface area is 150 Å². The van der Waals surface area contributed by atoms with Crippen molar-refractivity contribution in [2.24, 2.45) is 17.8 Å². The van der Waals surface area contributed by atoms with Crippen molar-refractivity contribution in [3.05, 3.63) is 35.9 Å². The van der Waals surface area contributed by atoms with Crippen molar-refractivity contribution in [2.75, 3.05) is 0 Å². The Morgan fingerprint density at radius 3 is 1.55 bits per heavy atom. The van der Waals surface area contributed by atoms with Crippen LogP contribution in [0.1, 0.15) is 47.1 Å². The molecule has 0 aliphatic heterocycles. The summed E-state index contributed by atoms with van der Waals surface area (Å²) in [5, 5.41) is 0. The maximum absolute atomic E-state index is 3.76. The fourth-order valence-corrected chi connectivity index (χ4v) is 3.93. The summed E-state index contributed by atoms with van der Waals surface area (Å²) in [6.07, 6.45) is 3.18. The zero-order chi connectivity index (χ0) is 15.9. The molecule has 0 aliphatic carbocycles. The van der Waals surface area contributed by atoms with Gasteiger partial charge in [0.15, 0.2) is 0 Å². The normalized spacial score (nSPS) is 11.3. The summed E-state index contributed by atoms with van der Waals surface area (Å²) >= 11 is 0. The number of hydrogen-bond donors (Lipinski definition) is 0. The second kappa shape index (κ2) is 10.3. The van der Waals surface area contributed by atoms with E-state index in [0.29, 0.717) is 17.8 Å². The summed E-state index contributed by atoms with van der Waals surface area (Å²) in [5.74, 6) is 9.38. The van der Waals surface area contributed by atoms with E-state index in [1.54, 1.807) is 0 Å². The molecule has 0 saturated heterocycles. The first-order valence-electron chi connectivity index (χ1n) is 8.61. The van der Waals surface area contributed by atoms with Crippen molar-refractivity contribution in [1.82, 2.24) is 0 Å². The second-order valence-electron chi connectivity index (χ2n) is 8.00. The van der Waals surface area contributed by atoms with Gasteiger partial charge in [-0.1, -0.05) is 77.5 Å². The van der Waals surface area contributed by atoms with Crippen LogP contribution in [0.3, 0.4) is 0 Å². The van der Waals surface area contributed by atoms with Gasteiger partial charge in [-0.2, -0.15) is 19.0 Å². The van der Waals surface area contributed by atoms with E-state index in [1.165, 1.54) is 19.0 Å². The Morgan fingerprint density at radius 1 is 0.773 bits per heavy atom. The van der Waals surface area contributed by atoms with E-state index < -0.39 is 6.15 Å². The van der Waals surface area contributed by atoms with Crippen LogP contribution in [0.15, 0.2) is 30.3 Å². The Hall–Kier alpha value is -0.558. The van der Waals surface area contributed by atoms with Crippen LogP contribution in [0.4, 0.5) is 0 Å². The van der Waals surface area contributed by atoms with Crippen LogP contribution < -0.4 is 18.9 Å². The number of benzene rings is 1. The molecule has 0 bridgehead atoms. The smallest absolute Gasteiger partial charge is 0.309 e. The number of hydrogen-bond acceptors (Lipinski definition) is 0. The molecule has 0 saturated carbocycles. The Kier molecular flexibility index (Phi) is 10.0. The molecule has 1 rings (SSSR count). The molecule has 22 heavy (non-hydrogen) atoms. The fourth-order valence-electron chi connectivity index (χ4n) is 3.93. The molecule has 0 radical (unpaired) electrons. The predicted molar refractivity (Wildman–Crippen MR) is 98.0 cm³/mol. The summed E-state index contributed by atoms with van der Waals surface area (Å²) in [5.41, 5.74) is 1.15. The summed E-state index contributed by atoms with van der Waals surface area (Å²) in [4.78, 5) is 0. The van der Waals surface area contributed by atoms with Crippen LogP contribution >= 0.6 is 0 Å². The van der Waals surface area contributed by atoms with Crippen molar-refractivity contribution < 1.29 is 18.9 Å². The monoisotopic (exact) mass is 290 g/mol. The third-order valence-electron chi connectivity index (χ3n) is 4.06. The molecule has 2 heteroatoms. The molecule has 0 aliphatic rings. The average molecular weight is 290 g/mol. The molecule has 0 unspecified atom stereocenters. The van der Waals surface area contributed by atoms with Crippen molar-refractivity contribution in [3.8, 4) is 11.7 Å². The third-order valence-corrected chi connectivity index (χ3v) is 4.06. The van der Waals surface area contributed by atoms with Crippen molar-refractivity contribution in [3.63, 3.8) is 0 Å². The Morgan fingerprint density at radius 2 is 1.18 bits per heavy atom. The van der Waals surface area contributed by atoms with Gasteiger partial charge in [0, 0.05) is 5.56 Å². The molecular formula is C20H32BLi. The molecule has 0 amide bonds. The molecule has 0 fully saturated rings. The molecule has 0 heterocycles. The zero-order valence-electron chi connectivity index (χ0n) is 15.8. The van der Waals surface area contributed by atoms with E-state index in [2.05, 4.69) is 83.6 Å². The summed E-state index contributed by atoms with van der Waals surface area (Å²) in [6.45, 7) is 14.0. The second-order valence-corrected chi connectivity index (χ2v) is 8.00. The van der Waals surface area contributed by atoms with Crippen LogP contribution in [-0.4, -0.2) is 6.15 Å². The number of rotatable bonds is 6. The van der Waals surface area contributed by atoms with E-state index in [0.717, 1.165) is 5.56 Å². The molecular weight excluding hydrogens is 258 g/mol.